The molecule has 8 heteroatoms. The minimum absolute atomic E-state index is 0. The Balaban J connectivity index is 0.00000529. The van der Waals surface area contributed by atoms with E-state index in [1.165, 1.54) is 12.0 Å². The summed E-state index contributed by atoms with van der Waals surface area (Å²) in [4.78, 5) is 25.9. The maximum Gasteiger partial charge on any atom is 0.243 e. The van der Waals surface area contributed by atoms with Gasteiger partial charge in [-0.25, -0.2) is 0 Å². The van der Waals surface area contributed by atoms with Gasteiger partial charge in [-0.2, -0.15) is 0 Å². The first kappa shape index (κ1) is 22.7. The molecule has 3 N–H and O–H groups in total. The molecule has 1 aromatic carbocycles. The molecule has 1 rings (SSSR count). The molecular formula is C16H25Cl2N3O3. The van der Waals surface area contributed by atoms with Gasteiger partial charge in [-0.3, -0.25) is 9.59 Å². The van der Waals surface area contributed by atoms with E-state index in [9.17, 15) is 9.59 Å². The van der Waals surface area contributed by atoms with Crippen LogP contribution in [0.4, 0.5) is 5.69 Å². The first-order valence-corrected chi connectivity index (χ1v) is 7.94. The Morgan fingerprint density at radius 3 is 2.46 bits per heavy atom. The molecule has 1 atom stereocenters. The number of amides is 2. The van der Waals surface area contributed by atoms with Gasteiger partial charge in [0.2, 0.25) is 11.8 Å². The van der Waals surface area contributed by atoms with Gasteiger partial charge in [0.25, 0.3) is 0 Å². The Kier molecular flexibility index (Phi) is 11.4. The standard InChI is InChI=1S/C16H24ClN3O3.ClH/c1-3-8-20(16(22)9-14(10-18)23-2)11-15(21)19-13-6-4-12(17)5-7-13;/h4-7,14H,3,8-11,18H2,1-2H3,(H,19,21);1H. The average Bonchev–Trinajstić information content (AvgIpc) is 2.54. The van der Waals surface area contributed by atoms with Crippen LogP contribution in [0, 0.1) is 0 Å². The van der Waals surface area contributed by atoms with E-state index in [0.29, 0.717) is 17.3 Å². The van der Waals surface area contributed by atoms with Crippen LogP contribution in [-0.2, 0) is 14.3 Å². The number of hydrogen-bond acceptors (Lipinski definition) is 4. The Hall–Kier alpha value is -1.34. The Morgan fingerprint density at radius 1 is 1.33 bits per heavy atom. The fourth-order valence-electron chi connectivity index (χ4n) is 2.06. The lowest BCUT2D eigenvalue weighted by atomic mass is 10.2. The summed E-state index contributed by atoms with van der Waals surface area (Å²) in [5, 5.41) is 3.34. The van der Waals surface area contributed by atoms with E-state index < -0.39 is 0 Å². The molecule has 24 heavy (non-hydrogen) atoms. The number of nitrogens with two attached hydrogens (primary N) is 1. The normalized spacial score (nSPS) is 11.3. The lowest BCUT2D eigenvalue weighted by Gasteiger charge is -2.23. The number of halogens is 2. The predicted octanol–water partition coefficient (Wildman–Crippen LogP) is 2.30. The number of methoxy groups -OCH3 is 1. The van der Waals surface area contributed by atoms with Crippen molar-refractivity contribution in [2.24, 2.45) is 5.73 Å². The van der Waals surface area contributed by atoms with Crippen molar-refractivity contribution >= 4 is 41.5 Å². The second kappa shape index (κ2) is 12.1. The number of nitrogens with zero attached hydrogens (tertiary/aromatic N) is 1. The summed E-state index contributed by atoms with van der Waals surface area (Å²) in [6.07, 6.45) is 0.600. The molecule has 0 spiro atoms. The van der Waals surface area contributed by atoms with Crippen LogP contribution in [0.1, 0.15) is 19.8 Å². The number of rotatable bonds is 9. The lowest BCUT2D eigenvalue weighted by molar-refractivity contribution is -0.136. The molecule has 0 saturated carbocycles. The lowest BCUT2D eigenvalue weighted by Crippen LogP contribution is -2.41. The smallest absolute Gasteiger partial charge is 0.243 e. The second-order valence-corrected chi connectivity index (χ2v) is 5.60. The van der Waals surface area contributed by atoms with E-state index in [-0.39, 0.29) is 49.8 Å². The van der Waals surface area contributed by atoms with Crippen LogP contribution in [0.25, 0.3) is 0 Å². The summed E-state index contributed by atoms with van der Waals surface area (Å²) < 4.78 is 5.12. The van der Waals surface area contributed by atoms with Crippen molar-refractivity contribution in [1.82, 2.24) is 4.90 Å². The van der Waals surface area contributed by atoms with Crippen LogP contribution in [0.15, 0.2) is 24.3 Å². The first-order chi connectivity index (χ1) is 11.0. The molecule has 0 aliphatic heterocycles. The van der Waals surface area contributed by atoms with E-state index >= 15 is 0 Å². The van der Waals surface area contributed by atoms with Gasteiger partial charge in [0.05, 0.1) is 19.1 Å². The van der Waals surface area contributed by atoms with Gasteiger partial charge in [-0.1, -0.05) is 18.5 Å². The van der Waals surface area contributed by atoms with Gasteiger partial charge in [0.1, 0.15) is 0 Å². The van der Waals surface area contributed by atoms with Crippen LogP contribution in [0.2, 0.25) is 5.02 Å². The topological polar surface area (TPSA) is 84.7 Å². The van der Waals surface area contributed by atoms with Gasteiger partial charge in [0.15, 0.2) is 0 Å². The van der Waals surface area contributed by atoms with E-state index in [0.717, 1.165) is 6.42 Å². The maximum atomic E-state index is 12.3. The van der Waals surface area contributed by atoms with E-state index in [1.807, 2.05) is 6.92 Å². The molecule has 0 aliphatic carbocycles. The minimum atomic E-state index is -0.332. The quantitative estimate of drug-likeness (QED) is 0.691. The van der Waals surface area contributed by atoms with Crippen molar-refractivity contribution < 1.29 is 14.3 Å². The molecule has 0 fully saturated rings. The van der Waals surface area contributed by atoms with Crippen LogP contribution in [0.5, 0.6) is 0 Å². The largest absolute Gasteiger partial charge is 0.380 e. The van der Waals surface area contributed by atoms with Gasteiger partial charge in [-0.15, -0.1) is 12.4 Å². The van der Waals surface area contributed by atoms with Crippen LogP contribution >= 0.6 is 24.0 Å². The number of nitrogens with one attached hydrogen (secondary N) is 1. The molecule has 0 bridgehead atoms. The molecular weight excluding hydrogens is 353 g/mol. The molecule has 0 aliphatic rings. The number of ether oxygens (including phenoxy) is 1. The fraction of sp³-hybridized carbons (Fsp3) is 0.500. The Morgan fingerprint density at radius 2 is 1.96 bits per heavy atom. The molecule has 0 saturated heterocycles. The summed E-state index contributed by atoms with van der Waals surface area (Å²) in [5.41, 5.74) is 6.17. The van der Waals surface area contributed by atoms with Crippen molar-refractivity contribution in [3.63, 3.8) is 0 Å². The van der Waals surface area contributed by atoms with Gasteiger partial charge < -0.3 is 20.7 Å². The number of carbonyl (C=O) groups is 2. The highest BCUT2D eigenvalue weighted by Gasteiger charge is 2.20. The highest BCUT2D eigenvalue weighted by atomic mass is 35.5. The van der Waals surface area contributed by atoms with Crippen molar-refractivity contribution in [2.45, 2.75) is 25.9 Å². The molecule has 1 aromatic rings. The average molecular weight is 378 g/mol. The number of hydrogen-bond donors (Lipinski definition) is 2. The van der Waals surface area contributed by atoms with Crippen LogP contribution < -0.4 is 11.1 Å². The van der Waals surface area contributed by atoms with Crippen molar-refractivity contribution in [1.29, 1.82) is 0 Å². The van der Waals surface area contributed by atoms with E-state index in [1.54, 1.807) is 24.3 Å². The number of anilines is 1. The number of carbonyl (C=O) groups excluding carboxylic acids is 2. The Bertz CT molecular complexity index is 508. The summed E-state index contributed by atoms with van der Waals surface area (Å²) >= 11 is 5.80. The zero-order chi connectivity index (χ0) is 17.2. The second-order valence-electron chi connectivity index (χ2n) is 5.17. The van der Waals surface area contributed by atoms with Crippen molar-refractivity contribution in [2.75, 3.05) is 32.1 Å². The molecule has 0 heterocycles. The predicted molar refractivity (Wildman–Crippen MR) is 98.7 cm³/mol. The van der Waals surface area contributed by atoms with E-state index in [4.69, 9.17) is 22.1 Å². The maximum absolute atomic E-state index is 12.3. The van der Waals surface area contributed by atoms with Gasteiger partial charge in [0, 0.05) is 30.9 Å². The monoisotopic (exact) mass is 377 g/mol. The summed E-state index contributed by atoms with van der Waals surface area (Å²) in [7, 11) is 1.52. The molecule has 0 radical (unpaired) electrons. The molecule has 0 aromatic heterocycles. The van der Waals surface area contributed by atoms with Crippen LogP contribution in [0.3, 0.4) is 0 Å². The summed E-state index contributed by atoms with van der Waals surface area (Å²) in [6, 6.07) is 6.80. The fourth-order valence-corrected chi connectivity index (χ4v) is 2.18. The van der Waals surface area contributed by atoms with Gasteiger partial charge >= 0.3 is 0 Å². The minimum Gasteiger partial charge on any atom is -0.380 e. The molecule has 2 amide bonds. The molecule has 1 unspecified atom stereocenters. The third-order valence-electron chi connectivity index (χ3n) is 3.31. The molecule has 6 nitrogen and oxygen atoms in total. The third kappa shape index (κ3) is 7.97. The zero-order valence-electron chi connectivity index (χ0n) is 14.0. The SMILES string of the molecule is CCCN(CC(=O)Nc1ccc(Cl)cc1)C(=O)CC(CN)OC.Cl. The molecule has 136 valence electrons. The van der Waals surface area contributed by atoms with E-state index in [2.05, 4.69) is 5.32 Å². The van der Waals surface area contributed by atoms with Crippen molar-refractivity contribution in [3.05, 3.63) is 29.3 Å². The highest BCUT2D eigenvalue weighted by molar-refractivity contribution is 6.30. The van der Waals surface area contributed by atoms with Gasteiger partial charge in [-0.05, 0) is 30.7 Å². The number of benzene rings is 1. The first-order valence-electron chi connectivity index (χ1n) is 7.56. The summed E-state index contributed by atoms with van der Waals surface area (Å²) in [6.45, 7) is 2.72. The van der Waals surface area contributed by atoms with Crippen LogP contribution in [-0.4, -0.2) is 49.6 Å². The zero-order valence-corrected chi connectivity index (χ0v) is 15.5. The summed E-state index contributed by atoms with van der Waals surface area (Å²) in [5.74, 6) is -0.397. The highest BCUT2D eigenvalue weighted by Crippen LogP contribution is 2.13. The van der Waals surface area contributed by atoms with Crippen molar-refractivity contribution in [3.8, 4) is 0 Å². The third-order valence-corrected chi connectivity index (χ3v) is 3.56. The Labute approximate surface area is 154 Å².